The van der Waals surface area contributed by atoms with Crippen LogP contribution in [0.4, 0.5) is 4.79 Å². The molecule has 0 bridgehead atoms. The second-order valence-corrected chi connectivity index (χ2v) is 6.44. The van der Waals surface area contributed by atoms with Crippen molar-refractivity contribution in [2.45, 2.75) is 33.1 Å². The smallest absolute Gasteiger partial charge is 0.314 e. The highest BCUT2D eigenvalue weighted by Gasteiger charge is 2.18. The van der Waals surface area contributed by atoms with Crippen molar-refractivity contribution in [1.82, 2.24) is 10.6 Å². The average molecular weight is 284 g/mol. The third kappa shape index (κ3) is 6.07. The lowest BCUT2D eigenvalue weighted by molar-refractivity contribution is 0.201. The molecule has 19 heavy (non-hydrogen) atoms. The van der Waals surface area contributed by atoms with Crippen LogP contribution in [0.1, 0.15) is 38.7 Å². The molecule has 0 fully saturated rings. The molecule has 1 aromatic rings. The highest BCUT2D eigenvalue weighted by atomic mass is 32.1. The van der Waals surface area contributed by atoms with E-state index < -0.39 is 0 Å². The molecule has 1 aromatic heterocycles. The predicted octanol–water partition coefficient (Wildman–Crippen LogP) is 2.56. The summed E-state index contributed by atoms with van der Waals surface area (Å²) in [6.45, 7) is 7.48. The minimum absolute atomic E-state index is 0.0783. The zero-order chi connectivity index (χ0) is 14.3. The van der Waals surface area contributed by atoms with Gasteiger partial charge in [0.1, 0.15) is 0 Å². The Morgan fingerprint density at radius 3 is 2.79 bits per heavy atom. The lowest BCUT2D eigenvalue weighted by Gasteiger charge is -2.24. The number of amides is 2. The maximum absolute atomic E-state index is 11.7. The van der Waals surface area contributed by atoms with Gasteiger partial charge in [-0.3, -0.25) is 0 Å². The Bertz CT molecular complexity index is 377. The topological polar surface area (TPSA) is 61.4 Å². The van der Waals surface area contributed by atoms with E-state index in [1.165, 1.54) is 5.56 Å². The Morgan fingerprint density at radius 2 is 2.21 bits per heavy atom. The minimum Gasteiger partial charge on any atom is -0.396 e. The molecule has 1 rings (SSSR count). The number of aliphatic hydroxyl groups excluding tert-OH is 1. The number of aliphatic hydroxyl groups is 1. The van der Waals surface area contributed by atoms with Crippen LogP contribution in [0, 0.1) is 5.41 Å². The highest BCUT2D eigenvalue weighted by Crippen LogP contribution is 2.18. The van der Waals surface area contributed by atoms with E-state index in [4.69, 9.17) is 5.11 Å². The molecule has 0 saturated carbocycles. The van der Waals surface area contributed by atoms with Crippen LogP contribution in [0.2, 0.25) is 0 Å². The van der Waals surface area contributed by atoms with Gasteiger partial charge in [0.2, 0.25) is 0 Å². The molecule has 4 nitrogen and oxygen atoms in total. The third-order valence-electron chi connectivity index (χ3n) is 3.20. The summed E-state index contributed by atoms with van der Waals surface area (Å²) in [5.41, 5.74) is 1.18. The number of urea groups is 1. The molecule has 1 atom stereocenters. The Hall–Kier alpha value is -1.07. The second kappa shape index (κ2) is 7.50. The quantitative estimate of drug-likeness (QED) is 0.720. The first-order valence-corrected chi connectivity index (χ1v) is 7.53. The van der Waals surface area contributed by atoms with Crippen molar-refractivity contribution < 1.29 is 9.90 Å². The summed E-state index contributed by atoms with van der Waals surface area (Å²) in [5, 5.41) is 18.8. The van der Waals surface area contributed by atoms with E-state index in [1.807, 2.05) is 19.2 Å². The van der Waals surface area contributed by atoms with Gasteiger partial charge in [0, 0.05) is 19.7 Å². The van der Waals surface area contributed by atoms with Gasteiger partial charge in [0.25, 0.3) is 0 Å². The summed E-state index contributed by atoms with van der Waals surface area (Å²) in [7, 11) is 0. The van der Waals surface area contributed by atoms with E-state index in [0.717, 1.165) is 0 Å². The van der Waals surface area contributed by atoms with E-state index in [9.17, 15) is 4.79 Å². The maximum Gasteiger partial charge on any atom is 0.314 e. The van der Waals surface area contributed by atoms with E-state index in [-0.39, 0.29) is 18.1 Å². The summed E-state index contributed by atoms with van der Waals surface area (Å²) < 4.78 is 0. The van der Waals surface area contributed by atoms with Crippen LogP contribution in [0.25, 0.3) is 0 Å². The number of carbonyl (C=O) groups excluding carboxylic acids is 1. The van der Waals surface area contributed by atoms with Crippen molar-refractivity contribution in [3.8, 4) is 0 Å². The Labute approximate surface area is 119 Å². The number of rotatable bonds is 7. The van der Waals surface area contributed by atoms with Crippen molar-refractivity contribution in [2.75, 3.05) is 19.7 Å². The van der Waals surface area contributed by atoms with Crippen molar-refractivity contribution in [1.29, 1.82) is 0 Å². The zero-order valence-corrected chi connectivity index (χ0v) is 12.7. The standard InChI is InChI=1S/C14H24N2O2S/c1-11(12-4-7-19-9-12)8-15-13(18)16-10-14(2,3)5-6-17/h4,7,9,11,17H,5-6,8,10H2,1-3H3,(H2,15,16,18). The molecule has 1 heterocycles. The van der Waals surface area contributed by atoms with Crippen LogP contribution in [-0.4, -0.2) is 30.8 Å². The molecular formula is C14H24N2O2S. The number of carbonyl (C=O) groups is 1. The fourth-order valence-electron chi connectivity index (χ4n) is 1.69. The lowest BCUT2D eigenvalue weighted by Crippen LogP contribution is -2.42. The molecule has 0 spiro atoms. The van der Waals surface area contributed by atoms with E-state index in [0.29, 0.717) is 25.4 Å². The third-order valence-corrected chi connectivity index (χ3v) is 3.90. The summed E-state index contributed by atoms with van der Waals surface area (Å²) in [4.78, 5) is 11.7. The fourth-order valence-corrected chi connectivity index (χ4v) is 2.47. The summed E-state index contributed by atoms with van der Waals surface area (Å²) in [6, 6.07) is 1.94. The van der Waals surface area contributed by atoms with Gasteiger partial charge in [0.15, 0.2) is 0 Å². The van der Waals surface area contributed by atoms with Crippen molar-refractivity contribution in [3.63, 3.8) is 0 Å². The first kappa shape index (κ1) is 16.0. The largest absolute Gasteiger partial charge is 0.396 e. The molecule has 0 aliphatic heterocycles. The molecular weight excluding hydrogens is 260 g/mol. The van der Waals surface area contributed by atoms with Gasteiger partial charge in [-0.1, -0.05) is 20.8 Å². The number of hydrogen-bond donors (Lipinski definition) is 3. The van der Waals surface area contributed by atoms with Gasteiger partial charge in [-0.15, -0.1) is 0 Å². The van der Waals surface area contributed by atoms with Gasteiger partial charge < -0.3 is 15.7 Å². The molecule has 0 aliphatic carbocycles. The van der Waals surface area contributed by atoms with Crippen LogP contribution < -0.4 is 10.6 Å². The van der Waals surface area contributed by atoms with E-state index in [1.54, 1.807) is 11.3 Å². The monoisotopic (exact) mass is 284 g/mol. The first-order valence-electron chi connectivity index (χ1n) is 6.59. The molecule has 5 heteroatoms. The van der Waals surface area contributed by atoms with Crippen molar-refractivity contribution >= 4 is 17.4 Å². The number of thiophene rings is 1. The second-order valence-electron chi connectivity index (χ2n) is 5.66. The lowest BCUT2D eigenvalue weighted by atomic mass is 9.90. The normalized spacial score (nSPS) is 13.1. The summed E-state index contributed by atoms with van der Waals surface area (Å²) in [5.74, 6) is 0.322. The fraction of sp³-hybridized carbons (Fsp3) is 0.643. The van der Waals surface area contributed by atoms with Gasteiger partial charge in [-0.25, -0.2) is 4.79 Å². The van der Waals surface area contributed by atoms with Gasteiger partial charge >= 0.3 is 6.03 Å². The number of hydrogen-bond acceptors (Lipinski definition) is 3. The zero-order valence-electron chi connectivity index (χ0n) is 11.9. The molecule has 0 aliphatic rings. The Kier molecular flexibility index (Phi) is 6.31. The highest BCUT2D eigenvalue weighted by molar-refractivity contribution is 7.07. The van der Waals surface area contributed by atoms with Crippen LogP contribution in [0.3, 0.4) is 0 Å². The Morgan fingerprint density at radius 1 is 1.47 bits per heavy atom. The first-order chi connectivity index (χ1) is 8.94. The van der Waals surface area contributed by atoms with Gasteiger partial charge in [-0.05, 0) is 40.1 Å². The summed E-state index contributed by atoms with van der Waals surface area (Å²) in [6.07, 6.45) is 0.679. The van der Waals surface area contributed by atoms with Gasteiger partial charge in [-0.2, -0.15) is 11.3 Å². The maximum atomic E-state index is 11.7. The van der Waals surface area contributed by atoms with E-state index >= 15 is 0 Å². The molecule has 1 unspecified atom stereocenters. The average Bonchev–Trinajstić information content (AvgIpc) is 2.87. The Balaban J connectivity index is 2.25. The van der Waals surface area contributed by atoms with Crippen LogP contribution in [0.5, 0.6) is 0 Å². The molecule has 2 amide bonds. The summed E-state index contributed by atoms with van der Waals surface area (Å²) >= 11 is 1.67. The molecule has 0 radical (unpaired) electrons. The van der Waals surface area contributed by atoms with Gasteiger partial charge in [0.05, 0.1) is 0 Å². The predicted molar refractivity (Wildman–Crippen MR) is 79.6 cm³/mol. The molecule has 0 aromatic carbocycles. The van der Waals surface area contributed by atoms with Crippen LogP contribution in [-0.2, 0) is 0 Å². The minimum atomic E-state index is -0.145. The van der Waals surface area contributed by atoms with Crippen molar-refractivity contribution in [3.05, 3.63) is 22.4 Å². The molecule has 108 valence electrons. The SMILES string of the molecule is CC(CNC(=O)NCC(C)(C)CCO)c1ccsc1. The number of nitrogens with one attached hydrogen (secondary N) is 2. The molecule has 0 saturated heterocycles. The van der Waals surface area contributed by atoms with Crippen LogP contribution >= 0.6 is 11.3 Å². The molecule has 3 N–H and O–H groups in total. The van der Waals surface area contributed by atoms with Crippen molar-refractivity contribution in [2.24, 2.45) is 5.41 Å². The van der Waals surface area contributed by atoms with Crippen LogP contribution in [0.15, 0.2) is 16.8 Å². The van der Waals surface area contributed by atoms with E-state index in [2.05, 4.69) is 29.0 Å².